The molecule has 0 N–H and O–H groups in total. The molecule has 1 aliphatic rings. The highest BCUT2D eigenvalue weighted by Crippen LogP contribution is 2.53. The van der Waals surface area contributed by atoms with Crippen LogP contribution in [0.2, 0.25) is 0 Å². The van der Waals surface area contributed by atoms with Crippen LogP contribution in [0.15, 0.2) is 218 Å². The van der Waals surface area contributed by atoms with Crippen LogP contribution in [0.3, 0.4) is 0 Å². The Morgan fingerprint density at radius 1 is 0.295 bits per heavy atom. The summed E-state index contributed by atoms with van der Waals surface area (Å²) >= 11 is 0. The summed E-state index contributed by atoms with van der Waals surface area (Å²) in [6, 6.07) is 78.4. The first kappa shape index (κ1) is 36.4. The summed E-state index contributed by atoms with van der Waals surface area (Å²) in [4.78, 5) is 10.6. The van der Waals surface area contributed by atoms with Crippen molar-refractivity contribution in [3.63, 3.8) is 0 Å². The molecule has 1 aromatic heterocycles. The van der Waals surface area contributed by atoms with E-state index in [1.54, 1.807) is 0 Å². The van der Waals surface area contributed by atoms with Crippen LogP contribution in [0.4, 0.5) is 0 Å². The Hall–Kier alpha value is -7.68. The molecule has 0 saturated heterocycles. The van der Waals surface area contributed by atoms with Gasteiger partial charge in [-0.1, -0.05) is 208 Å². The molecule has 9 aromatic carbocycles. The van der Waals surface area contributed by atoms with Gasteiger partial charge < -0.3 is 0 Å². The molecule has 0 atom stereocenters. The first-order valence-electron chi connectivity index (χ1n) is 21.1. The van der Waals surface area contributed by atoms with Crippen molar-refractivity contribution in [3.05, 3.63) is 230 Å². The molecule has 0 spiro atoms. The van der Waals surface area contributed by atoms with Crippen LogP contribution in [0.25, 0.3) is 100 Å². The molecule has 0 fully saturated rings. The molecule has 0 unspecified atom stereocenters. The van der Waals surface area contributed by atoms with Crippen LogP contribution in [0.1, 0.15) is 25.0 Å². The Morgan fingerprint density at radius 3 is 1.39 bits per heavy atom. The standard InChI is InChI=1S/C59H42N2/c1-59(2)53-30-16-29-49(57(53)52-36-44-21-9-10-22-45(44)37-54(52)59)46-24-15-23-43(35-46)39-31-33-42(34-32-39)58-60-55(50-27-13-11-25-47(50)40-17-5-3-6-18-40)38-56(61-58)51-28-14-12-26-48(51)41-19-7-4-8-20-41/h3-38H,1-2H3. The monoisotopic (exact) mass is 778 g/mol. The van der Waals surface area contributed by atoms with Crippen molar-refractivity contribution in [2.45, 2.75) is 19.3 Å². The minimum atomic E-state index is -0.0926. The number of aromatic nitrogens is 2. The molecule has 0 bridgehead atoms. The van der Waals surface area contributed by atoms with E-state index in [0.29, 0.717) is 5.82 Å². The van der Waals surface area contributed by atoms with Crippen molar-refractivity contribution in [2.24, 2.45) is 0 Å². The van der Waals surface area contributed by atoms with Gasteiger partial charge in [0.25, 0.3) is 0 Å². The summed E-state index contributed by atoms with van der Waals surface area (Å²) in [5.41, 5.74) is 19.6. The second kappa shape index (κ2) is 14.9. The largest absolute Gasteiger partial charge is 0.228 e. The van der Waals surface area contributed by atoms with Crippen LogP contribution in [0.5, 0.6) is 0 Å². The number of benzene rings is 9. The predicted molar refractivity (Wildman–Crippen MR) is 255 cm³/mol. The van der Waals surface area contributed by atoms with Gasteiger partial charge in [-0.25, -0.2) is 9.97 Å². The molecule has 10 aromatic rings. The van der Waals surface area contributed by atoms with Crippen molar-refractivity contribution in [3.8, 4) is 89.5 Å². The van der Waals surface area contributed by atoms with Crippen LogP contribution >= 0.6 is 0 Å². The SMILES string of the molecule is CC1(C)c2cc3ccccc3cc2-c2c(-c3cccc(-c4ccc(-c5nc(-c6ccccc6-c6ccccc6)cc(-c6ccccc6-c6ccccc6)n5)cc4)c3)cccc21. The van der Waals surface area contributed by atoms with Gasteiger partial charge in [-0.3, -0.25) is 0 Å². The third-order valence-corrected chi connectivity index (χ3v) is 12.5. The maximum atomic E-state index is 5.32. The van der Waals surface area contributed by atoms with E-state index < -0.39 is 0 Å². The summed E-state index contributed by atoms with van der Waals surface area (Å²) in [5.74, 6) is 0.687. The van der Waals surface area contributed by atoms with Crippen molar-refractivity contribution in [1.82, 2.24) is 9.97 Å². The summed E-state index contributed by atoms with van der Waals surface area (Å²) in [6.45, 7) is 4.72. The highest BCUT2D eigenvalue weighted by molar-refractivity contribution is 5.99. The molecular weight excluding hydrogens is 737 g/mol. The van der Waals surface area contributed by atoms with Gasteiger partial charge in [-0.2, -0.15) is 0 Å². The van der Waals surface area contributed by atoms with Gasteiger partial charge in [0.1, 0.15) is 0 Å². The quantitative estimate of drug-likeness (QED) is 0.161. The van der Waals surface area contributed by atoms with Gasteiger partial charge >= 0.3 is 0 Å². The predicted octanol–water partition coefficient (Wildman–Crippen LogP) is 15.6. The minimum absolute atomic E-state index is 0.0926. The lowest BCUT2D eigenvalue weighted by molar-refractivity contribution is 0.661. The Balaban J connectivity index is 1.00. The molecule has 1 heterocycles. The fraction of sp³-hybridized carbons (Fsp3) is 0.0508. The van der Waals surface area contributed by atoms with Gasteiger partial charge in [-0.15, -0.1) is 0 Å². The molecule has 1 aliphatic carbocycles. The van der Waals surface area contributed by atoms with E-state index in [4.69, 9.17) is 9.97 Å². The van der Waals surface area contributed by atoms with Crippen LogP contribution < -0.4 is 0 Å². The Kier molecular flexibility index (Phi) is 8.86. The maximum Gasteiger partial charge on any atom is 0.160 e. The minimum Gasteiger partial charge on any atom is -0.228 e. The Labute approximate surface area is 357 Å². The average molecular weight is 779 g/mol. The van der Waals surface area contributed by atoms with Crippen molar-refractivity contribution in [1.29, 1.82) is 0 Å². The molecule has 0 radical (unpaired) electrons. The molecule has 0 saturated carbocycles. The highest BCUT2D eigenvalue weighted by atomic mass is 14.9. The summed E-state index contributed by atoms with van der Waals surface area (Å²) in [6.07, 6.45) is 0. The number of fused-ring (bicyclic) bond motifs is 4. The molecule has 288 valence electrons. The van der Waals surface area contributed by atoms with Gasteiger partial charge in [0.05, 0.1) is 11.4 Å². The van der Waals surface area contributed by atoms with Crippen molar-refractivity contribution >= 4 is 10.8 Å². The van der Waals surface area contributed by atoms with E-state index >= 15 is 0 Å². The van der Waals surface area contributed by atoms with Crippen LogP contribution in [-0.2, 0) is 5.41 Å². The van der Waals surface area contributed by atoms with Crippen LogP contribution in [0, 0.1) is 0 Å². The average Bonchev–Trinajstić information content (AvgIpc) is 3.56. The highest BCUT2D eigenvalue weighted by Gasteiger charge is 2.37. The Bertz CT molecular complexity index is 3150. The fourth-order valence-electron chi connectivity index (χ4n) is 9.40. The van der Waals surface area contributed by atoms with E-state index in [1.807, 2.05) is 0 Å². The van der Waals surface area contributed by atoms with Gasteiger partial charge in [0.15, 0.2) is 5.82 Å². The Morgan fingerprint density at radius 2 is 0.770 bits per heavy atom. The van der Waals surface area contributed by atoms with E-state index in [0.717, 1.165) is 55.9 Å². The molecule has 2 heteroatoms. The third kappa shape index (κ3) is 6.45. The normalized spacial score (nSPS) is 12.6. The number of nitrogens with zero attached hydrogens (tertiary/aromatic N) is 2. The smallest absolute Gasteiger partial charge is 0.160 e. The molecular formula is C59H42N2. The third-order valence-electron chi connectivity index (χ3n) is 12.5. The van der Waals surface area contributed by atoms with E-state index in [9.17, 15) is 0 Å². The van der Waals surface area contributed by atoms with Crippen molar-refractivity contribution in [2.75, 3.05) is 0 Å². The zero-order chi connectivity index (χ0) is 40.9. The summed E-state index contributed by atoms with van der Waals surface area (Å²) in [5, 5.41) is 2.56. The lowest BCUT2D eigenvalue weighted by Crippen LogP contribution is -2.14. The van der Waals surface area contributed by atoms with E-state index in [1.165, 1.54) is 49.7 Å². The first-order valence-corrected chi connectivity index (χ1v) is 21.1. The maximum absolute atomic E-state index is 5.32. The number of hydrogen-bond acceptors (Lipinski definition) is 2. The van der Waals surface area contributed by atoms with E-state index in [2.05, 4.69) is 232 Å². The first-order chi connectivity index (χ1) is 30.0. The van der Waals surface area contributed by atoms with Crippen LogP contribution in [-0.4, -0.2) is 9.97 Å². The zero-order valence-electron chi connectivity index (χ0n) is 34.2. The fourth-order valence-corrected chi connectivity index (χ4v) is 9.40. The summed E-state index contributed by atoms with van der Waals surface area (Å²) < 4.78 is 0. The molecule has 0 aliphatic heterocycles. The number of hydrogen-bond donors (Lipinski definition) is 0. The molecule has 61 heavy (non-hydrogen) atoms. The summed E-state index contributed by atoms with van der Waals surface area (Å²) in [7, 11) is 0. The lowest BCUT2D eigenvalue weighted by atomic mass is 9.81. The van der Waals surface area contributed by atoms with E-state index in [-0.39, 0.29) is 5.41 Å². The lowest BCUT2D eigenvalue weighted by Gasteiger charge is -2.22. The molecule has 11 rings (SSSR count). The second-order valence-electron chi connectivity index (χ2n) is 16.5. The van der Waals surface area contributed by atoms with Gasteiger partial charge in [-0.05, 0) is 102 Å². The topological polar surface area (TPSA) is 25.8 Å². The second-order valence-corrected chi connectivity index (χ2v) is 16.5. The molecule has 2 nitrogen and oxygen atoms in total. The van der Waals surface area contributed by atoms with Gasteiger partial charge in [0, 0.05) is 22.1 Å². The van der Waals surface area contributed by atoms with Crippen molar-refractivity contribution < 1.29 is 0 Å². The zero-order valence-corrected chi connectivity index (χ0v) is 34.2. The number of rotatable bonds is 7. The van der Waals surface area contributed by atoms with Gasteiger partial charge in [0.2, 0.25) is 0 Å². The molecule has 0 amide bonds.